The van der Waals surface area contributed by atoms with Gasteiger partial charge in [0.15, 0.2) is 0 Å². The summed E-state index contributed by atoms with van der Waals surface area (Å²) in [5.74, 6) is 1.90. The molecular weight excluding hydrogens is 713 g/mol. The van der Waals surface area contributed by atoms with Crippen LogP contribution in [0.3, 0.4) is 0 Å². The fourth-order valence-corrected chi connectivity index (χ4v) is 8.93. The van der Waals surface area contributed by atoms with Crippen LogP contribution < -0.4 is 30.7 Å². The van der Waals surface area contributed by atoms with Crippen molar-refractivity contribution in [3.8, 4) is 34.1 Å². The zero-order chi connectivity index (χ0) is 36.7. The van der Waals surface area contributed by atoms with Crippen LogP contribution in [0.4, 0.5) is 5.82 Å². The van der Waals surface area contributed by atoms with Crippen molar-refractivity contribution in [2.75, 3.05) is 39.2 Å². The van der Waals surface area contributed by atoms with E-state index in [2.05, 4.69) is 50.4 Å². The minimum absolute atomic E-state index is 0.00528. The van der Waals surface area contributed by atoms with Crippen LogP contribution in [0.5, 0.6) is 11.8 Å². The second-order valence-electron chi connectivity index (χ2n) is 14.5. The maximum atomic E-state index is 11.8. The van der Waals surface area contributed by atoms with Gasteiger partial charge in [-0.25, -0.2) is 4.98 Å². The number of nitrogens with one attached hydrogen (secondary N) is 4. The van der Waals surface area contributed by atoms with Gasteiger partial charge in [0.1, 0.15) is 5.82 Å². The number of carbonyl (C=O) groups excluding carboxylic acids is 2. The topological polar surface area (TPSA) is 130 Å². The molecule has 2 atom stereocenters. The van der Waals surface area contributed by atoms with E-state index in [9.17, 15) is 9.59 Å². The second kappa shape index (κ2) is 14.8. The monoisotopic (exact) mass is 755 g/mol. The fourth-order valence-electron chi connectivity index (χ4n) is 8.38. The van der Waals surface area contributed by atoms with E-state index in [0.717, 1.165) is 72.3 Å². The molecule has 3 aliphatic heterocycles. The SMILES string of the molecule is COc1nc(-c2cccc(-c3cccc4c3CC[C@@H]4Nc3nc(OC)c(CN4CC5(CCC(=O)N5)C4)cc3Cl)c2Cl)ccc1CNC[C@@H]1CCC(=O)N1. The van der Waals surface area contributed by atoms with Crippen LogP contribution in [0.15, 0.2) is 54.6 Å². The number of hydrogen-bond acceptors (Lipinski definition) is 9. The molecule has 0 saturated carbocycles. The number of halogens is 2. The Hall–Kier alpha value is -4.42. The highest BCUT2D eigenvalue weighted by Crippen LogP contribution is 2.44. The van der Waals surface area contributed by atoms with Crippen molar-refractivity contribution in [3.05, 3.63) is 86.9 Å². The molecule has 3 fully saturated rings. The van der Waals surface area contributed by atoms with E-state index in [0.29, 0.717) is 60.1 Å². The summed E-state index contributed by atoms with van der Waals surface area (Å²) in [5.41, 5.74) is 7.76. The number of likely N-dealkylation sites (tertiary alicyclic amines) is 1. The van der Waals surface area contributed by atoms with Gasteiger partial charge in [-0.15, -0.1) is 0 Å². The molecule has 0 bridgehead atoms. The molecule has 5 heterocycles. The molecule has 276 valence electrons. The third-order valence-corrected chi connectivity index (χ3v) is 11.7. The Balaban J connectivity index is 0.979. The van der Waals surface area contributed by atoms with E-state index in [-0.39, 0.29) is 29.4 Å². The number of nitrogens with zero attached hydrogens (tertiary/aromatic N) is 3. The molecule has 3 saturated heterocycles. The van der Waals surface area contributed by atoms with Crippen molar-refractivity contribution in [1.29, 1.82) is 0 Å². The van der Waals surface area contributed by atoms with Crippen LogP contribution in [-0.4, -0.2) is 72.1 Å². The molecule has 4 aliphatic rings. The number of fused-ring (bicyclic) bond motifs is 1. The van der Waals surface area contributed by atoms with Crippen LogP contribution in [0.1, 0.15) is 60.4 Å². The van der Waals surface area contributed by atoms with Gasteiger partial charge in [-0.1, -0.05) is 65.7 Å². The number of rotatable bonds is 12. The van der Waals surface area contributed by atoms with Gasteiger partial charge in [-0.3, -0.25) is 14.5 Å². The van der Waals surface area contributed by atoms with Crippen LogP contribution >= 0.6 is 23.2 Å². The number of benzene rings is 2. The molecule has 53 heavy (non-hydrogen) atoms. The standard InChI is InChI=1S/C40H43Cl2N7O4/c1-52-38-23(18-43-19-25-10-14-34(50)44-25)9-12-33(46-38)30-8-4-7-29(36(30)42)26-5-3-6-28-27(26)11-13-32(28)45-37-31(41)17-24(39(47-37)53-2)20-49-21-40(22-49)16-15-35(51)48-40/h3-9,12,17,25,32,43H,10-11,13-16,18-22H2,1-2H3,(H,44,50)(H,45,47)(H,48,51)/t25-,32-/m0/s1. The number of amides is 2. The summed E-state index contributed by atoms with van der Waals surface area (Å²) in [7, 11) is 3.25. The van der Waals surface area contributed by atoms with E-state index >= 15 is 0 Å². The first kappa shape index (κ1) is 35.6. The predicted octanol–water partition coefficient (Wildman–Crippen LogP) is 6.07. The first-order valence-corrected chi connectivity index (χ1v) is 19.0. The number of pyridine rings is 2. The second-order valence-corrected chi connectivity index (χ2v) is 15.3. The Morgan fingerprint density at radius 3 is 2.42 bits per heavy atom. The quantitative estimate of drug-likeness (QED) is 0.136. The average Bonchev–Trinajstić information content (AvgIpc) is 3.87. The van der Waals surface area contributed by atoms with Crippen LogP contribution in [-0.2, 0) is 29.1 Å². The predicted molar refractivity (Wildman–Crippen MR) is 205 cm³/mol. The van der Waals surface area contributed by atoms with Crippen molar-refractivity contribution in [2.45, 2.75) is 69.2 Å². The molecule has 0 unspecified atom stereocenters. The van der Waals surface area contributed by atoms with Crippen LogP contribution in [0.25, 0.3) is 22.4 Å². The summed E-state index contributed by atoms with van der Waals surface area (Å²) in [4.78, 5) is 35.3. The maximum absolute atomic E-state index is 11.8. The molecule has 4 aromatic rings. The van der Waals surface area contributed by atoms with Gasteiger partial charge < -0.3 is 30.7 Å². The largest absolute Gasteiger partial charge is 0.481 e. The zero-order valence-electron chi connectivity index (χ0n) is 29.9. The van der Waals surface area contributed by atoms with Crippen LogP contribution in [0, 0.1) is 0 Å². The van der Waals surface area contributed by atoms with Gasteiger partial charge in [-0.05, 0) is 54.5 Å². The molecular formula is C40H43Cl2N7O4. The van der Waals surface area contributed by atoms with Gasteiger partial charge in [0, 0.05) is 73.9 Å². The summed E-state index contributed by atoms with van der Waals surface area (Å²) >= 11 is 14.1. The lowest BCUT2D eigenvalue weighted by Crippen LogP contribution is -2.66. The molecule has 2 aromatic carbocycles. The molecule has 1 aliphatic carbocycles. The summed E-state index contributed by atoms with van der Waals surface area (Å²) < 4.78 is 11.4. The Morgan fingerprint density at radius 1 is 0.887 bits per heavy atom. The summed E-state index contributed by atoms with van der Waals surface area (Å²) in [5, 5.41) is 14.3. The molecule has 11 nitrogen and oxygen atoms in total. The van der Waals surface area contributed by atoms with E-state index < -0.39 is 0 Å². The summed E-state index contributed by atoms with van der Waals surface area (Å²) in [6.07, 6.45) is 4.64. The number of aromatic nitrogens is 2. The first-order valence-electron chi connectivity index (χ1n) is 18.2. The highest BCUT2D eigenvalue weighted by Gasteiger charge is 2.47. The van der Waals surface area contributed by atoms with E-state index in [1.165, 1.54) is 11.1 Å². The number of ether oxygens (including phenoxy) is 2. The van der Waals surface area contributed by atoms with Gasteiger partial charge in [-0.2, -0.15) is 4.98 Å². The van der Waals surface area contributed by atoms with Gasteiger partial charge in [0.05, 0.1) is 41.5 Å². The minimum Gasteiger partial charge on any atom is -0.481 e. The van der Waals surface area contributed by atoms with Gasteiger partial charge >= 0.3 is 0 Å². The maximum Gasteiger partial charge on any atom is 0.220 e. The molecule has 2 amide bonds. The van der Waals surface area contributed by atoms with E-state index in [1.807, 2.05) is 30.3 Å². The highest BCUT2D eigenvalue weighted by molar-refractivity contribution is 6.36. The Labute approximate surface area is 319 Å². The molecule has 1 spiro atoms. The summed E-state index contributed by atoms with van der Waals surface area (Å²) in [6.45, 7) is 3.53. The normalized spacial score (nSPS) is 20.2. The first-order chi connectivity index (χ1) is 25.7. The Bertz CT molecular complexity index is 2070. The average molecular weight is 757 g/mol. The highest BCUT2D eigenvalue weighted by atomic mass is 35.5. The smallest absolute Gasteiger partial charge is 0.220 e. The van der Waals surface area contributed by atoms with Crippen molar-refractivity contribution in [3.63, 3.8) is 0 Å². The lowest BCUT2D eigenvalue weighted by molar-refractivity contribution is -0.121. The third-order valence-electron chi connectivity index (χ3n) is 11.0. The lowest BCUT2D eigenvalue weighted by Gasteiger charge is -2.48. The van der Waals surface area contributed by atoms with E-state index in [4.69, 9.17) is 42.6 Å². The Kier molecular flexibility index (Phi) is 9.93. The van der Waals surface area contributed by atoms with Crippen LogP contribution in [0.2, 0.25) is 10.0 Å². The molecule has 2 aromatic heterocycles. The number of methoxy groups -OCH3 is 2. The van der Waals surface area contributed by atoms with Gasteiger partial charge in [0.2, 0.25) is 23.6 Å². The molecule has 0 radical (unpaired) electrons. The number of carbonyl (C=O) groups is 2. The van der Waals surface area contributed by atoms with Crippen molar-refractivity contribution < 1.29 is 19.1 Å². The third kappa shape index (κ3) is 7.15. The molecule has 13 heteroatoms. The Morgan fingerprint density at radius 2 is 1.66 bits per heavy atom. The van der Waals surface area contributed by atoms with E-state index in [1.54, 1.807) is 14.2 Å². The molecule has 8 rings (SSSR count). The number of anilines is 1. The molecule has 4 N–H and O–H groups in total. The fraction of sp³-hybridized carbons (Fsp3) is 0.400. The minimum atomic E-state index is -0.0883. The lowest BCUT2D eigenvalue weighted by atomic mass is 9.88. The van der Waals surface area contributed by atoms with Crippen molar-refractivity contribution in [2.24, 2.45) is 0 Å². The van der Waals surface area contributed by atoms with Crippen molar-refractivity contribution in [1.82, 2.24) is 30.8 Å². The zero-order valence-corrected chi connectivity index (χ0v) is 31.4. The van der Waals surface area contributed by atoms with Gasteiger partial charge in [0.25, 0.3) is 0 Å². The number of hydrogen-bond donors (Lipinski definition) is 4. The summed E-state index contributed by atoms with van der Waals surface area (Å²) in [6, 6.07) is 18.5. The van der Waals surface area contributed by atoms with Crippen molar-refractivity contribution >= 4 is 40.8 Å².